The summed E-state index contributed by atoms with van der Waals surface area (Å²) in [6.07, 6.45) is 5.98. The summed E-state index contributed by atoms with van der Waals surface area (Å²) in [5, 5.41) is 0. The number of hydrogen-bond donors (Lipinski definition) is 0. The van der Waals surface area contributed by atoms with E-state index in [4.69, 9.17) is 4.74 Å². The molecule has 2 heterocycles. The van der Waals surface area contributed by atoms with E-state index in [0.717, 1.165) is 31.5 Å². The fraction of sp³-hybridized carbons (Fsp3) is 0.368. The van der Waals surface area contributed by atoms with E-state index < -0.39 is 0 Å². The molecule has 0 saturated carbocycles. The van der Waals surface area contributed by atoms with Crippen molar-refractivity contribution in [2.75, 3.05) is 13.1 Å². The molecule has 1 saturated heterocycles. The number of nitrogens with zero attached hydrogens (tertiary/aromatic N) is 2. The molecule has 1 aliphatic rings. The third-order valence-corrected chi connectivity index (χ3v) is 4.20. The van der Waals surface area contributed by atoms with Gasteiger partial charge in [-0.1, -0.05) is 36.4 Å². The first-order valence-electron chi connectivity index (χ1n) is 8.13. The van der Waals surface area contributed by atoms with Crippen molar-refractivity contribution in [3.05, 3.63) is 66.0 Å². The number of pyridine rings is 1. The number of benzene rings is 1. The van der Waals surface area contributed by atoms with Crippen LogP contribution >= 0.6 is 0 Å². The number of ether oxygens (including phenoxy) is 1. The first kappa shape index (κ1) is 15.7. The molecule has 0 bridgehead atoms. The number of carbonyl (C=O) groups excluding carboxylic acids is 1. The van der Waals surface area contributed by atoms with Crippen LogP contribution in [-0.2, 0) is 22.6 Å². The fourth-order valence-corrected chi connectivity index (χ4v) is 2.85. The molecule has 2 aromatic rings. The topological polar surface area (TPSA) is 42.4 Å². The SMILES string of the molecule is O=C(Cc1cccnc1)N1CCC(OCc2ccccc2)CC1. The van der Waals surface area contributed by atoms with Crippen LogP contribution in [0.15, 0.2) is 54.9 Å². The zero-order valence-electron chi connectivity index (χ0n) is 13.2. The highest BCUT2D eigenvalue weighted by atomic mass is 16.5. The van der Waals surface area contributed by atoms with E-state index >= 15 is 0 Å². The largest absolute Gasteiger partial charge is 0.373 e. The molecule has 4 heteroatoms. The third-order valence-electron chi connectivity index (χ3n) is 4.20. The monoisotopic (exact) mass is 310 g/mol. The van der Waals surface area contributed by atoms with Crippen LogP contribution in [0.2, 0.25) is 0 Å². The maximum absolute atomic E-state index is 12.3. The molecule has 0 spiro atoms. The molecule has 0 aliphatic carbocycles. The zero-order chi connectivity index (χ0) is 15.9. The number of aromatic nitrogens is 1. The summed E-state index contributed by atoms with van der Waals surface area (Å²) in [5.41, 5.74) is 2.17. The number of hydrogen-bond acceptors (Lipinski definition) is 3. The Labute approximate surface area is 137 Å². The molecular weight excluding hydrogens is 288 g/mol. The third kappa shape index (κ3) is 4.63. The van der Waals surface area contributed by atoms with Gasteiger partial charge >= 0.3 is 0 Å². The number of amides is 1. The second kappa shape index (κ2) is 7.88. The van der Waals surface area contributed by atoms with Crippen LogP contribution < -0.4 is 0 Å². The van der Waals surface area contributed by atoms with Gasteiger partial charge in [0, 0.05) is 25.5 Å². The lowest BCUT2D eigenvalue weighted by Gasteiger charge is -2.32. The van der Waals surface area contributed by atoms with Crippen molar-refractivity contribution in [3.8, 4) is 0 Å². The van der Waals surface area contributed by atoms with Crippen molar-refractivity contribution in [1.29, 1.82) is 0 Å². The molecule has 3 rings (SSSR count). The average Bonchev–Trinajstić information content (AvgIpc) is 2.62. The Bertz CT molecular complexity index is 608. The lowest BCUT2D eigenvalue weighted by molar-refractivity contribution is -0.133. The maximum atomic E-state index is 12.3. The molecule has 1 aromatic heterocycles. The molecule has 23 heavy (non-hydrogen) atoms. The van der Waals surface area contributed by atoms with E-state index in [1.54, 1.807) is 12.4 Å². The van der Waals surface area contributed by atoms with Gasteiger partial charge in [0.1, 0.15) is 0 Å². The standard InChI is InChI=1S/C19H22N2O2/c22-19(13-17-7-4-10-20-14-17)21-11-8-18(9-12-21)23-15-16-5-2-1-3-6-16/h1-7,10,14,18H,8-9,11-13,15H2. The van der Waals surface area contributed by atoms with Crippen molar-refractivity contribution in [1.82, 2.24) is 9.88 Å². The summed E-state index contributed by atoms with van der Waals surface area (Å²) < 4.78 is 5.97. The Morgan fingerprint density at radius 3 is 2.52 bits per heavy atom. The maximum Gasteiger partial charge on any atom is 0.227 e. The second-order valence-corrected chi connectivity index (χ2v) is 5.91. The summed E-state index contributed by atoms with van der Waals surface area (Å²) in [5.74, 6) is 0.180. The highest BCUT2D eigenvalue weighted by molar-refractivity contribution is 5.78. The predicted molar refractivity (Wildman–Crippen MR) is 88.8 cm³/mol. The molecule has 0 atom stereocenters. The Hall–Kier alpha value is -2.20. The van der Waals surface area contributed by atoms with Gasteiger partial charge in [0.15, 0.2) is 0 Å². The van der Waals surface area contributed by atoms with Gasteiger partial charge in [-0.2, -0.15) is 0 Å². The minimum atomic E-state index is 0.180. The molecule has 1 fully saturated rings. The van der Waals surface area contributed by atoms with Crippen LogP contribution in [0, 0.1) is 0 Å². The van der Waals surface area contributed by atoms with Crippen LogP contribution in [0.5, 0.6) is 0 Å². The van der Waals surface area contributed by atoms with Crippen LogP contribution in [0.25, 0.3) is 0 Å². The summed E-state index contributed by atoms with van der Waals surface area (Å²) in [6, 6.07) is 14.0. The Kier molecular flexibility index (Phi) is 5.37. The van der Waals surface area contributed by atoms with E-state index in [-0.39, 0.29) is 12.0 Å². The molecule has 0 radical (unpaired) electrons. The highest BCUT2D eigenvalue weighted by Gasteiger charge is 2.23. The van der Waals surface area contributed by atoms with Gasteiger partial charge in [0.25, 0.3) is 0 Å². The smallest absolute Gasteiger partial charge is 0.227 e. The predicted octanol–water partition coefficient (Wildman–Crippen LogP) is 2.83. The molecule has 1 aromatic carbocycles. The lowest BCUT2D eigenvalue weighted by Crippen LogP contribution is -2.41. The molecule has 120 valence electrons. The van der Waals surface area contributed by atoms with Crippen molar-refractivity contribution < 1.29 is 9.53 Å². The van der Waals surface area contributed by atoms with Crippen LogP contribution in [0.1, 0.15) is 24.0 Å². The van der Waals surface area contributed by atoms with Gasteiger partial charge in [-0.15, -0.1) is 0 Å². The van der Waals surface area contributed by atoms with E-state index in [1.165, 1.54) is 5.56 Å². The van der Waals surface area contributed by atoms with Crippen molar-refractivity contribution in [2.45, 2.75) is 32.0 Å². The summed E-state index contributed by atoms with van der Waals surface area (Å²) in [6.45, 7) is 2.20. The van der Waals surface area contributed by atoms with Crippen LogP contribution in [0.4, 0.5) is 0 Å². The lowest BCUT2D eigenvalue weighted by atomic mass is 10.1. The Morgan fingerprint density at radius 2 is 1.83 bits per heavy atom. The van der Waals surface area contributed by atoms with Gasteiger partial charge in [0.2, 0.25) is 5.91 Å². The van der Waals surface area contributed by atoms with E-state index in [0.29, 0.717) is 13.0 Å². The Morgan fingerprint density at radius 1 is 1.09 bits per heavy atom. The van der Waals surface area contributed by atoms with Crippen molar-refractivity contribution in [2.24, 2.45) is 0 Å². The molecule has 0 unspecified atom stereocenters. The van der Waals surface area contributed by atoms with Gasteiger partial charge < -0.3 is 9.64 Å². The van der Waals surface area contributed by atoms with E-state index in [9.17, 15) is 4.79 Å². The second-order valence-electron chi connectivity index (χ2n) is 5.91. The number of carbonyl (C=O) groups is 1. The van der Waals surface area contributed by atoms with Crippen LogP contribution in [-0.4, -0.2) is 35.0 Å². The first-order valence-corrected chi connectivity index (χ1v) is 8.13. The van der Waals surface area contributed by atoms with Gasteiger partial charge in [-0.3, -0.25) is 9.78 Å². The van der Waals surface area contributed by atoms with Crippen molar-refractivity contribution >= 4 is 5.91 Å². The van der Waals surface area contributed by atoms with Gasteiger partial charge in [-0.05, 0) is 30.0 Å². The van der Waals surface area contributed by atoms with Crippen molar-refractivity contribution in [3.63, 3.8) is 0 Å². The minimum absolute atomic E-state index is 0.180. The van der Waals surface area contributed by atoms with Crippen LogP contribution in [0.3, 0.4) is 0 Å². The molecule has 1 amide bonds. The Balaban J connectivity index is 1.42. The molecule has 1 aliphatic heterocycles. The minimum Gasteiger partial charge on any atom is -0.373 e. The highest BCUT2D eigenvalue weighted by Crippen LogP contribution is 2.16. The molecule has 0 N–H and O–H groups in total. The summed E-state index contributed by atoms with van der Waals surface area (Å²) in [4.78, 5) is 18.3. The molecule has 4 nitrogen and oxygen atoms in total. The first-order chi connectivity index (χ1) is 11.3. The quantitative estimate of drug-likeness (QED) is 0.853. The number of rotatable bonds is 5. The van der Waals surface area contributed by atoms with E-state index in [2.05, 4.69) is 17.1 Å². The number of piperidine rings is 1. The average molecular weight is 310 g/mol. The summed E-state index contributed by atoms with van der Waals surface area (Å²) in [7, 11) is 0. The van der Waals surface area contributed by atoms with Gasteiger partial charge in [0.05, 0.1) is 19.1 Å². The number of likely N-dealkylation sites (tertiary alicyclic amines) is 1. The zero-order valence-corrected chi connectivity index (χ0v) is 13.2. The summed E-state index contributed by atoms with van der Waals surface area (Å²) >= 11 is 0. The fourth-order valence-electron chi connectivity index (χ4n) is 2.85. The normalized spacial score (nSPS) is 15.6. The van der Waals surface area contributed by atoms with Gasteiger partial charge in [-0.25, -0.2) is 0 Å². The molecular formula is C19H22N2O2. The van der Waals surface area contributed by atoms with E-state index in [1.807, 2.05) is 35.2 Å².